The van der Waals surface area contributed by atoms with Crippen molar-refractivity contribution in [2.45, 2.75) is 32.6 Å². The number of anilines is 1. The molecule has 2 aromatic carbocycles. The molecule has 1 unspecified atom stereocenters. The number of nitrogens with zero attached hydrogens (tertiary/aromatic N) is 2. The lowest BCUT2D eigenvalue weighted by atomic mass is 9.96. The highest BCUT2D eigenvalue weighted by molar-refractivity contribution is 5.95. The molecule has 1 aliphatic heterocycles. The van der Waals surface area contributed by atoms with E-state index in [1.807, 2.05) is 38.1 Å². The average Bonchev–Trinajstić information content (AvgIpc) is 3.30. The van der Waals surface area contributed by atoms with Crippen molar-refractivity contribution in [2.75, 3.05) is 18.4 Å². The highest BCUT2D eigenvalue weighted by atomic mass is 19.1. The van der Waals surface area contributed by atoms with Crippen molar-refractivity contribution in [1.82, 2.24) is 10.1 Å². The van der Waals surface area contributed by atoms with E-state index in [9.17, 15) is 14.0 Å². The van der Waals surface area contributed by atoms with Crippen LogP contribution in [0.2, 0.25) is 0 Å². The minimum atomic E-state index is -0.310. The second kappa shape index (κ2) is 9.34. The number of halogens is 1. The minimum absolute atomic E-state index is 0.126. The van der Waals surface area contributed by atoms with Crippen LogP contribution in [0.1, 0.15) is 48.9 Å². The zero-order chi connectivity index (χ0) is 22.7. The highest BCUT2D eigenvalue weighted by Gasteiger charge is 2.30. The number of carbonyl (C=O) groups is 2. The SMILES string of the molecule is CC(C)c1cc(C(=O)N2CCCC(C(=O)Nc3cccc(-c4ccc(F)cc4)c3)C2)on1. The van der Waals surface area contributed by atoms with E-state index in [0.29, 0.717) is 25.2 Å². The zero-order valence-electron chi connectivity index (χ0n) is 18.2. The quantitative estimate of drug-likeness (QED) is 0.605. The van der Waals surface area contributed by atoms with E-state index in [1.165, 1.54) is 12.1 Å². The molecule has 4 rings (SSSR count). The topological polar surface area (TPSA) is 75.4 Å². The highest BCUT2D eigenvalue weighted by Crippen LogP contribution is 2.25. The predicted molar refractivity (Wildman–Crippen MR) is 120 cm³/mol. The van der Waals surface area contributed by atoms with Crippen molar-refractivity contribution in [3.05, 3.63) is 71.9 Å². The first-order chi connectivity index (χ1) is 15.4. The normalized spacial score (nSPS) is 16.2. The summed E-state index contributed by atoms with van der Waals surface area (Å²) in [6.07, 6.45) is 1.45. The van der Waals surface area contributed by atoms with Gasteiger partial charge in [-0.1, -0.05) is 43.3 Å². The van der Waals surface area contributed by atoms with Crippen LogP contribution in [0.25, 0.3) is 11.1 Å². The molecule has 2 amide bonds. The fourth-order valence-electron chi connectivity index (χ4n) is 3.86. The Bertz CT molecular complexity index is 1110. The van der Waals surface area contributed by atoms with Crippen molar-refractivity contribution < 1.29 is 18.5 Å². The Hall–Kier alpha value is -3.48. The number of aromatic nitrogens is 1. The summed E-state index contributed by atoms with van der Waals surface area (Å²) in [7, 11) is 0. The van der Waals surface area contributed by atoms with Gasteiger partial charge in [0.1, 0.15) is 5.82 Å². The summed E-state index contributed by atoms with van der Waals surface area (Å²) >= 11 is 0. The second-order valence-electron chi connectivity index (χ2n) is 8.44. The Kier molecular flexibility index (Phi) is 6.35. The van der Waals surface area contributed by atoms with E-state index in [0.717, 1.165) is 23.2 Å². The number of carbonyl (C=O) groups excluding carboxylic acids is 2. The summed E-state index contributed by atoms with van der Waals surface area (Å²) in [6.45, 7) is 4.89. The van der Waals surface area contributed by atoms with Crippen LogP contribution in [-0.2, 0) is 4.79 Å². The van der Waals surface area contributed by atoms with Crippen LogP contribution >= 0.6 is 0 Å². The van der Waals surface area contributed by atoms with Crippen LogP contribution in [0.5, 0.6) is 0 Å². The predicted octanol–water partition coefficient (Wildman–Crippen LogP) is 5.10. The van der Waals surface area contributed by atoms with Gasteiger partial charge in [0, 0.05) is 24.8 Å². The van der Waals surface area contributed by atoms with Crippen LogP contribution in [-0.4, -0.2) is 35.0 Å². The molecule has 0 spiro atoms. The fourth-order valence-corrected chi connectivity index (χ4v) is 3.86. The molecule has 1 saturated heterocycles. The number of benzene rings is 2. The average molecular weight is 435 g/mol. The summed E-state index contributed by atoms with van der Waals surface area (Å²) in [5.41, 5.74) is 3.15. The van der Waals surface area contributed by atoms with Gasteiger partial charge < -0.3 is 14.7 Å². The van der Waals surface area contributed by atoms with E-state index >= 15 is 0 Å². The summed E-state index contributed by atoms with van der Waals surface area (Å²) < 4.78 is 18.4. The van der Waals surface area contributed by atoms with Crippen LogP contribution < -0.4 is 5.32 Å². The molecule has 0 radical (unpaired) electrons. The first-order valence-electron chi connectivity index (χ1n) is 10.8. The summed E-state index contributed by atoms with van der Waals surface area (Å²) in [5.74, 6) is -0.581. The Labute approximate surface area is 186 Å². The molecule has 0 bridgehead atoms. The van der Waals surface area contributed by atoms with Gasteiger partial charge >= 0.3 is 0 Å². The molecule has 1 aromatic heterocycles. The number of hydrogen-bond donors (Lipinski definition) is 1. The molecule has 2 heterocycles. The molecule has 6 nitrogen and oxygen atoms in total. The third-order valence-electron chi connectivity index (χ3n) is 5.72. The van der Waals surface area contributed by atoms with E-state index in [2.05, 4.69) is 10.5 Å². The Morgan fingerprint density at radius 1 is 1.12 bits per heavy atom. The summed E-state index contributed by atoms with van der Waals surface area (Å²) in [6, 6.07) is 15.3. The Morgan fingerprint density at radius 2 is 1.91 bits per heavy atom. The molecule has 32 heavy (non-hydrogen) atoms. The zero-order valence-corrected chi connectivity index (χ0v) is 18.2. The van der Waals surface area contributed by atoms with Crippen LogP contribution in [0.3, 0.4) is 0 Å². The molecule has 0 aliphatic carbocycles. The number of amides is 2. The third kappa shape index (κ3) is 4.88. The van der Waals surface area contributed by atoms with Crippen LogP contribution in [0, 0.1) is 11.7 Å². The molecule has 166 valence electrons. The fraction of sp³-hybridized carbons (Fsp3) is 0.320. The number of hydrogen-bond acceptors (Lipinski definition) is 4. The first-order valence-corrected chi connectivity index (χ1v) is 10.8. The number of piperidine rings is 1. The second-order valence-corrected chi connectivity index (χ2v) is 8.44. The van der Waals surface area contributed by atoms with E-state index in [-0.39, 0.29) is 35.2 Å². The number of likely N-dealkylation sites (tertiary alicyclic amines) is 1. The number of rotatable bonds is 5. The molecule has 1 N–H and O–H groups in total. The Balaban J connectivity index is 1.41. The lowest BCUT2D eigenvalue weighted by molar-refractivity contribution is -0.121. The monoisotopic (exact) mass is 435 g/mol. The first kappa shape index (κ1) is 21.7. The van der Waals surface area contributed by atoms with E-state index in [4.69, 9.17) is 4.52 Å². The number of nitrogens with one attached hydrogen (secondary N) is 1. The van der Waals surface area contributed by atoms with Crippen molar-refractivity contribution in [1.29, 1.82) is 0 Å². The van der Waals surface area contributed by atoms with Gasteiger partial charge in [0.15, 0.2) is 0 Å². The molecule has 0 saturated carbocycles. The lowest BCUT2D eigenvalue weighted by Gasteiger charge is -2.31. The molecule has 3 aromatic rings. The van der Waals surface area contributed by atoms with Crippen molar-refractivity contribution in [3.8, 4) is 11.1 Å². The van der Waals surface area contributed by atoms with Crippen LogP contribution in [0.4, 0.5) is 10.1 Å². The lowest BCUT2D eigenvalue weighted by Crippen LogP contribution is -2.43. The molecular formula is C25H26FN3O3. The van der Waals surface area contributed by atoms with E-state index in [1.54, 1.807) is 23.1 Å². The molecule has 1 atom stereocenters. The maximum atomic E-state index is 13.2. The van der Waals surface area contributed by atoms with Gasteiger partial charge in [-0.3, -0.25) is 9.59 Å². The summed E-state index contributed by atoms with van der Waals surface area (Å²) in [4.78, 5) is 27.4. The largest absolute Gasteiger partial charge is 0.351 e. The maximum absolute atomic E-state index is 13.2. The maximum Gasteiger partial charge on any atom is 0.292 e. The smallest absolute Gasteiger partial charge is 0.292 e. The van der Waals surface area contributed by atoms with Gasteiger partial charge in [0.2, 0.25) is 11.7 Å². The standard InChI is InChI=1S/C25H26FN3O3/c1-16(2)22-14-23(32-28-22)25(31)29-12-4-6-19(15-29)24(30)27-21-7-3-5-18(13-21)17-8-10-20(26)11-9-17/h3,5,7-11,13-14,16,19H,4,6,12,15H2,1-2H3,(H,27,30). The van der Waals surface area contributed by atoms with Crippen molar-refractivity contribution in [3.63, 3.8) is 0 Å². The van der Waals surface area contributed by atoms with Gasteiger partial charge in [-0.2, -0.15) is 0 Å². The van der Waals surface area contributed by atoms with Gasteiger partial charge in [-0.05, 0) is 54.2 Å². The van der Waals surface area contributed by atoms with Crippen molar-refractivity contribution >= 4 is 17.5 Å². The molecule has 1 aliphatic rings. The molecule has 7 heteroatoms. The van der Waals surface area contributed by atoms with Crippen molar-refractivity contribution in [2.24, 2.45) is 5.92 Å². The minimum Gasteiger partial charge on any atom is -0.351 e. The molecular weight excluding hydrogens is 409 g/mol. The van der Waals surface area contributed by atoms with Crippen LogP contribution in [0.15, 0.2) is 59.1 Å². The van der Waals surface area contributed by atoms with E-state index < -0.39 is 0 Å². The van der Waals surface area contributed by atoms with Gasteiger partial charge in [-0.15, -0.1) is 0 Å². The van der Waals surface area contributed by atoms with Gasteiger partial charge in [0.25, 0.3) is 5.91 Å². The van der Waals surface area contributed by atoms with Gasteiger partial charge in [-0.25, -0.2) is 4.39 Å². The van der Waals surface area contributed by atoms with Gasteiger partial charge in [0.05, 0.1) is 11.6 Å². The third-order valence-corrected chi connectivity index (χ3v) is 5.72. The Morgan fingerprint density at radius 3 is 2.62 bits per heavy atom. The summed E-state index contributed by atoms with van der Waals surface area (Å²) in [5, 5.41) is 6.92. The molecule has 1 fully saturated rings.